The third kappa shape index (κ3) is 5.82. The Morgan fingerprint density at radius 2 is 1.80 bits per heavy atom. The summed E-state index contributed by atoms with van der Waals surface area (Å²) in [4.78, 5) is 13.0. The summed E-state index contributed by atoms with van der Waals surface area (Å²) in [7, 11) is 0. The van der Waals surface area contributed by atoms with E-state index >= 15 is 4.39 Å². The van der Waals surface area contributed by atoms with E-state index in [1.807, 2.05) is 4.90 Å². The first-order valence-electron chi connectivity index (χ1n) is 11.5. The van der Waals surface area contributed by atoms with Gasteiger partial charge < -0.3 is 19.8 Å². The number of hydrogen-bond donors (Lipinski definition) is 3. The Balaban J connectivity index is 1.38. The molecule has 2 aromatic carbocycles. The molecule has 1 heterocycles. The molecule has 0 aromatic heterocycles. The Bertz CT molecular complexity index is 1120. The summed E-state index contributed by atoms with van der Waals surface area (Å²) in [6, 6.07) is 10.6. The summed E-state index contributed by atoms with van der Waals surface area (Å²) in [5.41, 5.74) is -0.816. The number of nitrogens with one attached hydrogen (secondary N) is 1. The maximum absolute atomic E-state index is 15.5. The number of alkyl halides is 1. The van der Waals surface area contributed by atoms with E-state index in [9.17, 15) is 14.3 Å². The highest BCUT2D eigenvalue weighted by atomic mass is 35.5. The zero-order valence-corrected chi connectivity index (χ0v) is 19.8. The van der Waals surface area contributed by atoms with Crippen molar-refractivity contribution >= 4 is 29.0 Å². The standard InChI is InChI=1S/C26H27ClF2N2O4/c27-20-2-1-3-21(28)22(20)23(30)19(24(32)16-4-5-16)14-35-15-26(29)10-12-31(13-11-26)18-8-6-17(7-9-18)25(33)34/h1-3,6-9,16,30,32H,4-5,10-15H2,(H,33,34)/b24-19-,30-23?. The minimum atomic E-state index is -1.59. The fraction of sp³-hybridized carbons (Fsp3) is 0.385. The Kier molecular flexibility index (Phi) is 7.42. The number of anilines is 1. The zero-order chi connectivity index (χ0) is 25.2. The van der Waals surface area contributed by atoms with Gasteiger partial charge in [-0.15, -0.1) is 0 Å². The highest BCUT2D eigenvalue weighted by molar-refractivity contribution is 6.35. The van der Waals surface area contributed by atoms with Crippen LogP contribution in [0.3, 0.4) is 0 Å². The van der Waals surface area contributed by atoms with Gasteiger partial charge in [0.05, 0.1) is 35.1 Å². The van der Waals surface area contributed by atoms with Gasteiger partial charge in [0.2, 0.25) is 0 Å². The van der Waals surface area contributed by atoms with Crippen LogP contribution in [-0.2, 0) is 4.74 Å². The fourth-order valence-corrected chi connectivity index (χ4v) is 4.48. The summed E-state index contributed by atoms with van der Waals surface area (Å²) >= 11 is 6.11. The molecule has 3 N–H and O–H groups in total. The molecule has 1 aliphatic heterocycles. The topological polar surface area (TPSA) is 93.9 Å². The van der Waals surface area contributed by atoms with E-state index in [0.29, 0.717) is 13.1 Å². The molecule has 6 nitrogen and oxygen atoms in total. The number of piperidine rings is 1. The van der Waals surface area contributed by atoms with Crippen molar-refractivity contribution in [3.63, 3.8) is 0 Å². The number of allylic oxidation sites excluding steroid dienone is 1. The Labute approximate surface area is 207 Å². The molecule has 2 aliphatic rings. The van der Waals surface area contributed by atoms with E-state index < -0.39 is 17.5 Å². The molecule has 1 saturated heterocycles. The van der Waals surface area contributed by atoms with Crippen LogP contribution in [0.5, 0.6) is 0 Å². The number of nitrogens with zero attached hydrogens (tertiary/aromatic N) is 1. The van der Waals surface area contributed by atoms with Crippen molar-refractivity contribution in [1.29, 1.82) is 5.41 Å². The first kappa shape index (κ1) is 25.1. The van der Waals surface area contributed by atoms with E-state index in [2.05, 4.69) is 0 Å². The van der Waals surface area contributed by atoms with Crippen LogP contribution < -0.4 is 4.90 Å². The van der Waals surface area contributed by atoms with Crippen LogP contribution in [-0.4, -0.2) is 53.9 Å². The Morgan fingerprint density at radius 3 is 2.37 bits per heavy atom. The van der Waals surface area contributed by atoms with Gasteiger partial charge in [0.1, 0.15) is 17.2 Å². The highest BCUT2D eigenvalue weighted by Gasteiger charge is 2.36. The summed E-state index contributed by atoms with van der Waals surface area (Å²) in [6.07, 6.45) is 1.95. The van der Waals surface area contributed by atoms with E-state index in [4.69, 9.17) is 26.9 Å². The predicted molar refractivity (Wildman–Crippen MR) is 130 cm³/mol. The third-order valence-corrected chi connectivity index (χ3v) is 6.85. The third-order valence-electron chi connectivity index (χ3n) is 6.53. The quantitative estimate of drug-likeness (QED) is 0.297. The average molecular weight is 505 g/mol. The van der Waals surface area contributed by atoms with Crippen LogP contribution in [0.25, 0.3) is 0 Å². The lowest BCUT2D eigenvalue weighted by Gasteiger charge is -2.37. The fourth-order valence-electron chi connectivity index (χ4n) is 4.23. The van der Waals surface area contributed by atoms with Gasteiger partial charge in [-0.25, -0.2) is 13.6 Å². The van der Waals surface area contributed by atoms with Gasteiger partial charge in [-0.3, -0.25) is 5.41 Å². The number of benzene rings is 2. The van der Waals surface area contributed by atoms with Crippen LogP contribution in [0.4, 0.5) is 14.5 Å². The van der Waals surface area contributed by atoms with Crippen molar-refractivity contribution < 1.29 is 28.5 Å². The number of carboxylic acid groups (broad SMARTS) is 1. The number of carboxylic acids is 1. The van der Waals surface area contributed by atoms with E-state index in [0.717, 1.165) is 18.5 Å². The van der Waals surface area contributed by atoms with Gasteiger partial charge in [0.15, 0.2) is 0 Å². The lowest BCUT2D eigenvalue weighted by atomic mass is 9.93. The second-order valence-electron chi connectivity index (χ2n) is 9.09. The van der Waals surface area contributed by atoms with Gasteiger partial charge in [-0.2, -0.15) is 0 Å². The van der Waals surface area contributed by atoms with Gasteiger partial charge in [-0.05, 0) is 49.2 Å². The van der Waals surface area contributed by atoms with Crippen LogP contribution in [0.2, 0.25) is 5.02 Å². The number of rotatable bonds is 9. The number of hydrogen-bond acceptors (Lipinski definition) is 5. The smallest absolute Gasteiger partial charge is 0.335 e. The zero-order valence-electron chi connectivity index (χ0n) is 19.1. The minimum Gasteiger partial charge on any atom is -0.512 e. The monoisotopic (exact) mass is 504 g/mol. The molecule has 1 aliphatic carbocycles. The van der Waals surface area contributed by atoms with E-state index in [-0.39, 0.29) is 65.2 Å². The molecule has 0 radical (unpaired) electrons. The molecule has 0 spiro atoms. The maximum atomic E-state index is 15.5. The van der Waals surface area contributed by atoms with E-state index in [1.54, 1.807) is 12.1 Å². The molecular formula is C26H27ClF2N2O4. The average Bonchev–Trinajstić information content (AvgIpc) is 3.67. The van der Waals surface area contributed by atoms with Crippen LogP contribution in [0.1, 0.15) is 41.6 Å². The number of ether oxygens (including phenoxy) is 1. The molecule has 2 aromatic rings. The van der Waals surface area contributed by atoms with Gasteiger partial charge in [0.25, 0.3) is 0 Å². The van der Waals surface area contributed by atoms with Crippen LogP contribution in [0.15, 0.2) is 53.8 Å². The van der Waals surface area contributed by atoms with Crippen LogP contribution in [0, 0.1) is 17.1 Å². The Morgan fingerprint density at radius 1 is 1.14 bits per heavy atom. The lowest BCUT2D eigenvalue weighted by molar-refractivity contribution is 0.00816. The molecule has 35 heavy (non-hydrogen) atoms. The summed E-state index contributed by atoms with van der Waals surface area (Å²) in [5, 5.41) is 28.2. The number of halogens is 3. The Hall–Kier alpha value is -2.97. The minimum absolute atomic E-state index is 0.0261. The summed E-state index contributed by atoms with van der Waals surface area (Å²) < 4.78 is 35.5. The van der Waals surface area contributed by atoms with Crippen molar-refractivity contribution in [3.05, 3.63) is 75.8 Å². The van der Waals surface area contributed by atoms with Gasteiger partial charge in [0, 0.05) is 43.1 Å². The number of carbonyl (C=O) groups is 1. The van der Waals surface area contributed by atoms with Crippen molar-refractivity contribution in [3.8, 4) is 0 Å². The molecule has 186 valence electrons. The number of aliphatic hydroxyl groups excluding tert-OH is 1. The van der Waals surface area contributed by atoms with Gasteiger partial charge >= 0.3 is 5.97 Å². The first-order valence-corrected chi connectivity index (χ1v) is 11.9. The summed E-state index contributed by atoms with van der Waals surface area (Å²) in [5.74, 6) is -1.80. The molecule has 9 heteroatoms. The second kappa shape index (κ2) is 10.3. The first-order chi connectivity index (χ1) is 16.7. The lowest BCUT2D eigenvalue weighted by Crippen LogP contribution is -2.44. The van der Waals surface area contributed by atoms with Crippen molar-refractivity contribution in [2.45, 2.75) is 31.4 Å². The van der Waals surface area contributed by atoms with Crippen LogP contribution >= 0.6 is 11.6 Å². The second-order valence-corrected chi connectivity index (χ2v) is 9.50. The molecule has 0 atom stereocenters. The van der Waals surface area contributed by atoms with Crippen molar-refractivity contribution in [2.75, 3.05) is 31.2 Å². The summed E-state index contributed by atoms with van der Waals surface area (Å²) in [6.45, 7) is 0.419. The number of aromatic carboxylic acids is 1. The predicted octanol–water partition coefficient (Wildman–Crippen LogP) is 5.79. The molecule has 0 amide bonds. The molecule has 0 unspecified atom stereocenters. The molecular weight excluding hydrogens is 478 g/mol. The van der Waals surface area contributed by atoms with Crippen molar-refractivity contribution in [1.82, 2.24) is 0 Å². The van der Waals surface area contributed by atoms with Gasteiger partial charge in [-0.1, -0.05) is 17.7 Å². The normalized spacial score (nSPS) is 18.2. The molecule has 2 fully saturated rings. The molecule has 0 bridgehead atoms. The maximum Gasteiger partial charge on any atom is 0.335 e. The number of aliphatic hydroxyl groups is 1. The SMILES string of the molecule is N=C(/C(COCC1(F)CCN(c2ccc(C(=O)O)cc2)CC1)=C(\O)C1CC1)c1c(F)cccc1Cl. The molecule has 4 rings (SSSR count). The van der Waals surface area contributed by atoms with Crippen molar-refractivity contribution in [2.24, 2.45) is 5.92 Å². The molecule has 1 saturated carbocycles. The van der Waals surface area contributed by atoms with E-state index in [1.165, 1.54) is 30.3 Å². The highest BCUT2D eigenvalue weighted by Crippen LogP contribution is 2.38. The largest absolute Gasteiger partial charge is 0.512 e.